The number of nitrogens with zero attached hydrogens (tertiary/aromatic N) is 1. The molecular weight excluding hydrogens is 394 g/mol. The molecule has 0 aromatic heterocycles. The maximum absolute atomic E-state index is 13.0. The van der Waals surface area contributed by atoms with Gasteiger partial charge in [-0.3, -0.25) is 4.79 Å². The first-order valence-corrected chi connectivity index (χ1v) is 11.9. The molecule has 2 N–H and O–H groups in total. The first-order chi connectivity index (χ1) is 14.0. The van der Waals surface area contributed by atoms with Crippen LogP contribution in [0.2, 0.25) is 0 Å². The first-order valence-electron chi connectivity index (χ1n) is 10.4. The molecule has 1 aromatic carbocycles. The van der Waals surface area contributed by atoms with Crippen LogP contribution in [-0.4, -0.2) is 78.8 Å². The number of carbonyl (C=O) groups is 1. The van der Waals surface area contributed by atoms with Crippen molar-refractivity contribution >= 4 is 15.9 Å². The lowest BCUT2D eigenvalue weighted by molar-refractivity contribution is -0.906. The second-order valence-corrected chi connectivity index (χ2v) is 9.35. The third-order valence-electron chi connectivity index (χ3n) is 5.58. The van der Waals surface area contributed by atoms with Gasteiger partial charge in [0.05, 0.1) is 43.9 Å². The summed E-state index contributed by atoms with van der Waals surface area (Å²) in [5.41, 5.74) is 0.302. The number of likely N-dealkylation sites (tertiary alicyclic amines) is 1. The minimum absolute atomic E-state index is 0.0912. The van der Waals surface area contributed by atoms with Crippen LogP contribution in [-0.2, 0) is 14.8 Å². The standard InChI is InChI=1S/C20H31N3O5S/c1-27-19-7-6-17(16-18(19)20(24)23-9-4-2-3-5-10-23)29(25,26)21-8-11-22-12-14-28-15-13-22/h6-7,16,21H,2-5,8-15H2,1H3/p+1. The van der Waals surface area contributed by atoms with Crippen LogP contribution in [0.5, 0.6) is 5.75 Å². The zero-order valence-electron chi connectivity index (χ0n) is 17.1. The van der Waals surface area contributed by atoms with E-state index in [2.05, 4.69) is 4.72 Å². The van der Waals surface area contributed by atoms with E-state index in [0.29, 0.717) is 50.7 Å². The number of carbonyl (C=O) groups excluding carboxylic acids is 1. The molecule has 2 aliphatic rings. The molecule has 2 heterocycles. The second-order valence-electron chi connectivity index (χ2n) is 7.58. The monoisotopic (exact) mass is 426 g/mol. The molecule has 2 saturated heterocycles. The van der Waals surface area contributed by atoms with E-state index in [9.17, 15) is 13.2 Å². The van der Waals surface area contributed by atoms with Crippen molar-refractivity contribution < 1.29 is 27.6 Å². The Balaban J connectivity index is 1.71. The van der Waals surface area contributed by atoms with E-state index >= 15 is 0 Å². The van der Waals surface area contributed by atoms with Crippen LogP contribution in [0.4, 0.5) is 0 Å². The maximum atomic E-state index is 13.0. The van der Waals surface area contributed by atoms with E-state index < -0.39 is 10.0 Å². The summed E-state index contributed by atoms with van der Waals surface area (Å²) >= 11 is 0. The predicted molar refractivity (Wildman–Crippen MR) is 109 cm³/mol. The Kier molecular flexibility index (Phi) is 7.88. The van der Waals surface area contributed by atoms with Gasteiger partial charge in [-0.15, -0.1) is 0 Å². The number of hydrogen-bond donors (Lipinski definition) is 2. The molecule has 0 radical (unpaired) electrons. The SMILES string of the molecule is COc1ccc(S(=O)(=O)NCC[NH+]2CCOCC2)cc1C(=O)N1CCCCCC1. The molecule has 29 heavy (non-hydrogen) atoms. The summed E-state index contributed by atoms with van der Waals surface area (Å²) in [6.07, 6.45) is 4.17. The van der Waals surface area contributed by atoms with Gasteiger partial charge in [-0.05, 0) is 31.0 Å². The van der Waals surface area contributed by atoms with Crippen LogP contribution in [0.15, 0.2) is 23.1 Å². The molecule has 2 aliphatic heterocycles. The fraction of sp³-hybridized carbons (Fsp3) is 0.650. The van der Waals surface area contributed by atoms with Crippen LogP contribution >= 0.6 is 0 Å². The van der Waals surface area contributed by atoms with Gasteiger partial charge in [-0.1, -0.05) is 12.8 Å². The van der Waals surface area contributed by atoms with Crippen LogP contribution in [0.1, 0.15) is 36.0 Å². The smallest absolute Gasteiger partial charge is 0.257 e. The number of benzene rings is 1. The molecule has 0 aliphatic carbocycles. The molecule has 2 fully saturated rings. The molecule has 3 rings (SSSR count). The molecule has 0 saturated carbocycles. The quantitative estimate of drug-likeness (QED) is 0.636. The van der Waals surface area contributed by atoms with Gasteiger partial charge in [0, 0.05) is 13.1 Å². The normalized spacial score (nSPS) is 19.0. The Labute approximate surface area is 173 Å². The van der Waals surface area contributed by atoms with Crippen molar-refractivity contribution in [3.63, 3.8) is 0 Å². The molecule has 1 aromatic rings. The fourth-order valence-corrected chi connectivity index (χ4v) is 4.88. The number of morpholine rings is 1. The van der Waals surface area contributed by atoms with E-state index in [1.165, 1.54) is 24.1 Å². The summed E-state index contributed by atoms with van der Waals surface area (Å²) in [5, 5.41) is 0. The molecule has 0 unspecified atom stereocenters. The molecule has 0 atom stereocenters. The molecule has 0 bridgehead atoms. The highest BCUT2D eigenvalue weighted by Gasteiger charge is 2.24. The zero-order chi connectivity index (χ0) is 20.7. The summed E-state index contributed by atoms with van der Waals surface area (Å²) in [6.45, 7) is 5.64. The Morgan fingerprint density at radius 3 is 2.52 bits per heavy atom. The molecule has 8 nitrogen and oxygen atoms in total. The van der Waals surface area contributed by atoms with Crippen molar-refractivity contribution in [1.29, 1.82) is 0 Å². The lowest BCUT2D eigenvalue weighted by Gasteiger charge is -2.23. The Morgan fingerprint density at radius 2 is 1.86 bits per heavy atom. The van der Waals surface area contributed by atoms with E-state index in [-0.39, 0.29) is 10.8 Å². The highest BCUT2D eigenvalue weighted by atomic mass is 32.2. The van der Waals surface area contributed by atoms with Crippen molar-refractivity contribution in [3.8, 4) is 5.75 Å². The van der Waals surface area contributed by atoms with E-state index in [1.807, 2.05) is 0 Å². The van der Waals surface area contributed by atoms with Crippen molar-refractivity contribution in [1.82, 2.24) is 9.62 Å². The van der Waals surface area contributed by atoms with Gasteiger partial charge in [-0.25, -0.2) is 13.1 Å². The maximum Gasteiger partial charge on any atom is 0.257 e. The Hall–Kier alpha value is -1.68. The van der Waals surface area contributed by atoms with Gasteiger partial charge in [0.15, 0.2) is 0 Å². The van der Waals surface area contributed by atoms with E-state index in [1.54, 1.807) is 11.0 Å². The average Bonchev–Trinajstić information content (AvgIpc) is 3.03. The van der Waals surface area contributed by atoms with Crippen LogP contribution < -0.4 is 14.4 Å². The number of sulfonamides is 1. The third kappa shape index (κ3) is 5.91. The highest BCUT2D eigenvalue weighted by Crippen LogP contribution is 2.25. The molecule has 0 spiro atoms. The largest absolute Gasteiger partial charge is 0.496 e. The number of ether oxygens (including phenoxy) is 2. The van der Waals surface area contributed by atoms with Crippen molar-refractivity contribution in [2.45, 2.75) is 30.6 Å². The van der Waals surface area contributed by atoms with Crippen LogP contribution in [0.25, 0.3) is 0 Å². The lowest BCUT2D eigenvalue weighted by Crippen LogP contribution is -3.14. The predicted octanol–water partition coefficient (Wildman–Crippen LogP) is -0.0952. The summed E-state index contributed by atoms with van der Waals surface area (Å²) < 4.78 is 38.9. The zero-order valence-corrected chi connectivity index (χ0v) is 17.9. The van der Waals surface area contributed by atoms with Gasteiger partial charge < -0.3 is 19.3 Å². The van der Waals surface area contributed by atoms with E-state index in [4.69, 9.17) is 9.47 Å². The minimum Gasteiger partial charge on any atom is -0.496 e. The van der Waals surface area contributed by atoms with Gasteiger partial charge in [0.25, 0.3) is 5.91 Å². The van der Waals surface area contributed by atoms with Crippen LogP contribution in [0, 0.1) is 0 Å². The summed E-state index contributed by atoms with van der Waals surface area (Å²) in [4.78, 5) is 16.3. The minimum atomic E-state index is -3.70. The Morgan fingerprint density at radius 1 is 1.17 bits per heavy atom. The second kappa shape index (κ2) is 10.4. The van der Waals surface area contributed by atoms with Crippen molar-refractivity contribution in [3.05, 3.63) is 23.8 Å². The number of amides is 1. The van der Waals surface area contributed by atoms with E-state index in [0.717, 1.165) is 38.8 Å². The summed E-state index contributed by atoms with van der Waals surface area (Å²) in [7, 11) is -2.21. The molecular formula is C20H32N3O5S+. The third-order valence-corrected chi connectivity index (χ3v) is 7.03. The number of methoxy groups -OCH3 is 1. The van der Waals surface area contributed by atoms with Gasteiger partial charge in [0.1, 0.15) is 18.8 Å². The van der Waals surface area contributed by atoms with Crippen LogP contribution in [0.3, 0.4) is 0 Å². The number of hydrogen-bond acceptors (Lipinski definition) is 5. The first kappa shape index (κ1) is 22.0. The van der Waals surface area contributed by atoms with Crippen molar-refractivity contribution in [2.24, 2.45) is 0 Å². The molecule has 9 heteroatoms. The van der Waals surface area contributed by atoms with Gasteiger partial charge in [0.2, 0.25) is 10.0 Å². The fourth-order valence-electron chi connectivity index (χ4n) is 3.82. The highest BCUT2D eigenvalue weighted by molar-refractivity contribution is 7.89. The Bertz CT molecular complexity index is 785. The average molecular weight is 427 g/mol. The van der Waals surface area contributed by atoms with Crippen molar-refractivity contribution in [2.75, 3.05) is 59.6 Å². The number of nitrogens with one attached hydrogen (secondary N) is 2. The summed E-state index contributed by atoms with van der Waals surface area (Å²) in [6, 6.07) is 4.49. The number of quaternary nitrogens is 1. The lowest BCUT2D eigenvalue weighted by atomic mass is 10.1. The van der Waals surface area contributed by atoms with Gasteiger partial charge in [-0.2, -0.15) is 0 Å². The number of rotatable bonds is 7. The summed E-state index contributed by atoms with van der Waals surface area (Å²) in [5.74, 6) is 0.231. The molecule has 162 valence electrons. The molecule has 1 amide bonds. The topological polar surface area (TPSA) is 89.4 Å². The van der Waals surface area contributed by atoms with Gasteiger partial charge >= 0.3 is 0 Å².